The van der Waals surface area contributed by atoms with Gasteiger partial charge in [0, 0.05) is 18.0 Å². The molecule has 1 aromatic carbocycles. The van der Waals surface area contributed by atoms with E-state index in [0.29, 0.717) is 17.5 Å². The Morgan fingerprint density at radius 3 is 2.28 bits per heavy atom. The first-order valence-corrected chi connectivity index (χ1v) is 9.90. The second kappa shape index (κ2) is 9.01. The van der Waals surface area contributed by atoms with Crippen LogP contribution in [0.15, 0.2) is 42.6 Å². The van der Waals surface area contributed by atoms with Crippen LogP contribution in [0.3, 0.4) is 0 Å². The van der Waals surface area contributed by atoms with Gasteiger partial charge >= 0.3 is 0 Å². The monoisotopic (exact) mass is 391 g/mol. The summed E-state index contributed by atoms with van der Waals surface area (Å²) in [6.45, 7) is 10.4. The first kappa shape index (κ1) is 20.7. The van der Waals surface area contributed by atoms with Gasteiger partial charge < -0.3 is 15.7 Å². The number of nitrogens with zero attached hydrogens (tertiary/aromatic N) is 3. The van der Waals surface area contributed by atoms with E-state index < -0.39 is 0 Å². The maximum Gasteiger partial charge on any atom is 0.225 e. The van der Waals surface area contributed by atoms with Gasteiger partial charge in [-0.1, -0.05) is 37.6 Å². The first-order valence-electron chi connectivity index (χ1n) is 9.90. The van der Waals surface area contributed by atoms with E-state index in [0.717, 1.165) is 22.5 Å². The van der Waals surface area contributed by atoms with E-state index in [1.54, 1.807) is 6.20 Å². The summed E-state index contributed by atoms with van der Waals surface area (Å²) in [5, 5.41) is 16.4. The summed E-state index contributed by atoms with van der Waals surface area (Å²) in [4.78, 5) is 13.7. The number of aryl methyl sites for hydroxylation is 3. The van der Waals surface area contributed by atoms with Gasteiger partial charge in [0.2, 0.25) is 5.95 Å². The first-order chi connectivity index (χ1) is 13.9. The molecule has 0 fully saturated rings. The van der Waals surface area contributed by atoms with Crippen LogP contribution in [-0.2, 0) is 0 Å². The van der Waals surface area contributed by atoms with Gasteiger partial charge in [-0.05, 0) is 49.9 Å². The van der Waals surface area contributed by atoms with Crippen molar-refractivity contribution >= 4 is 17.5 Å². The Morgan fingerprint density at radius 2 is 1.69 bits per heavy atom. The number of anilines is 3. The number of nitrogens with one attached hydrogen (secondary N) is 2. The molecule has 0 bridgehead atoms. The molecule has 3 aromatic rings. The third-order valence-electron chi connectivity index (χ3n) is 4.90. The Labute approximate surface area is 172 Å². The lowest BCUT2D eigenvalue weighted by molar-refractivity contribution is 0.248. The van der Waals surface area contributed by atoms with Crippen LogP contribution in [0.2, 0.25) is 0 Å². The molecule has 0 spiro atoms. The van der Waals surface area contributed by atoms with E-state index in [1.165, 1.54) is 5.56 Å². The van der Waals surface area contributed by atoms with Crippen molar-refractivity contribution in [3.8, 4) is 11.4 Å². The van der Waals surface area contributed by atoms with Crippen LogP contribution in [0.1, 0.15) is 30.5 Å². The largest absolute Gasteiger partial charge is 0.394 e. The van der Waals surface area contributed by atoms with Crippen LogP contribution in [0.4, 0.5) is 17.5 Å². The zero-order valence-corrected chi connectivity index (χ0v) is 17.7. The Hall–Kier alpha value is -2.99. The number of hydrogen-bond acceptors (Lipinski definition) is 6. The van der Waals surface area contributed by atoms with Crippen molar-refractivity contribution in [1.29, 1.82) is 0 Å². The second-order valence-corrected chi connectivity index (χ2v) is 7.75. The molecule has 0 amide bonds. The number of benzene rings is 1. The van der Waals surface area contributed by atoms with Crippen LogP contribution in [-0.4, -0.2) is 32.7 Å². The van der Waals surface area contributed by atoms with Gasteiger partial charge in [0.25, 0.3) is 0 Å². The van der Waals surface area contributed by atoms with Crippen molar-refractivity contribution in [2.45, 2.75) is 40.7 Å². The molecule has 0 unspecified atom stereocenters. The van der Waals surface area contributed by atoms with Gasteiger partial charge in [-0.2, -0.15) is 4.98 Å². The lowest BCUT2D eigenvalue weighted by Crippen LogP contribution is -2.30. The highest BCUT2D eigenvalue weighted by atomic mass is 16.3. The minimum atomic E-state index is -0.135. The Bertz CT molecular complexity index is 949. The van der Waals surface area contributed by atoms with Crippen molar-refractivity contribution < 1.29 is 5.11 Å². The van der Waals surface area contributed by atoms with Gasteiger partial charge in [0.05, 0.1) is 24.0 Å². The molecule has 0 saturated heterocycles. The summed E-state index contributed by atoms with van der Waals surface area (Å²) in [6, 6.07) is 11.8. The number of rotatable bonds is 7. The average Bonchev–Trinajstić information content (AvgIpc) is 2.69. The summed E-state index contributed by atoms with van der Waals surface area (Å²) >= 11 is 0. The fourth-order valence-electron chi connectivity index (χ4n) is 3.32. The van der Waals surface area contributed by atoms with E-state index in [-0.39, 0.29) is 18.6 Å². The minimum Gasteiger partial charge on any atom is -0.394 e. The summed E-state index contributed by atoms with van der Waals surface area (Å²) in [6.07, 6.45) is 1.75. The van der Waals surface area contributed by atoms with Gasteiger partial charge in [0.15, 0.2) is 0 Å². The molecule has 6 heteroatoms. The zero-order chi connectivity index (χ0) is 21.0. The molecular formula is C23H29N5O. The Balaban J connectivity index is 2.03. The van der Waals surface area contributed by atoms with Crippen molar-refractivity contribution in [1.82, 2.24) is 15.0 Å². The summed E-state index contributed by atoms with van der Waals surface area (Å²) in [5.74, 6) is 1.38. The quantitative estimate of drug-likeness (QED) is 0.544. The molecule has 29 heavy (non-hydrogen) atoms. The van der Waals surface area contributed by atoms with Crippen molar-refractivity contribution in [2.75, 3.05) is 17.2 Å². The van der Waals surface area contributed by atoms with Crippen LogP contribution in [0.25, 0.3) is 11.4 Å². The van der Waals surface area contributed by atoms with Crippen molar-refractivity contribution in [3.05, 3.63) is 59.3 Å². The molecule has 152 valence electrons. The van der Waals surface area contributed by atoms with Crippen LogP contribution in [0.5, 0.6) is 0 Å². The van der Waals surface area contributed by atoms with Gasteiger partial charge in [0.1, 0.15) is 5.82 Å². The standard InChI is InChI=1S/C23H29N5O/c1-14(2)20(13-29)26-23-25-19(18-8-6-7-9-24-18)12-21(28-23)27-22-16(4)10-15(3)11-17(22)5/h6-12,14,20,29H,13H2,1-5H3,(H2,25,26,27,28)/t20-/m1/s1. The summed E-state index contributed by atoms with van der Waals surface area (Å²) < 4.78 is 0. The molecule has 6 nitrogen and oxygen atoms in total. The third-order valence-corrected chi connectivity index (χ3v) is 4.90. The maximum absolute atomic E-state index is 9.70. The molecule has 0 aliphatic carbocycles. The maximum atomic E-state index is 9.70. The molecule has 0 saturated carbocycles. The zero-order valence-electron chi connectivity index (χ0n) is 17.7. The molecule has 3 rings (SSSR count). The normalized spacial score (nSPS) is 12.1. The van der Waals surface area contributed by atoms with Gasteiger partial charge in [-0.15, -0.1) is 0 Å². The number of pyridine rings is 1. The van der Waals surface area contributed by atoms with Crippen molar-refractivity contribution in [2.24, 2.45) is 5.92 Å². The average molecular weight is 392 g/mol. The predicted octanol–water partition coefficient (Wildman–Crippen LogP) is 4.64. The molecular weight excluding hydrogens is 362 g/mol. The van der Waals surface area contributed by atoms with E-state index in [9.17, 15) is 5.11 Å². The number of aliphatic hydroxyl groups is 1. The van der Waals surface area contributed by atoms with Gasteiger partial charge in [-0.3, -0.25) is 4.98 Å². The fraction of sp³-hybridized carbons (Fsp3) is 0.348. The predicted molar refractivity (Wildman–Crippen MR) is 119 cm³/mol. The topological polar surface area (TPSA) is 83.0 Å². The molecule has 0 aliphatic heterocycles. The van der Waals surface area contributed by atoms with E-state index in [4.69, 9.17) is 0 Å². The number of aromatic nitrogens is 3. The molecule has 0 aliphatic rings. The van der Waals surface area contributed by atoms with E-state index >= 15 is 0 Å². The Morgan fingerprint density at radius 1 is 0.966 bits per heavy atom. The van der Waals surface area contributed by atoms with Crippen molar-refractivity contribution in [3.63, 3.8) is 0 Å². The second-order valence-electron chi connectivity index (χ2n) is 7.75. The molecule has 1 atom stereocenters. The number of aliphatic hydroxyl groups excluding tert-OH is 1. The molecule has 3 N–H and O–H groups in total. The fourth-order valence-corrected chi connectivity index (χ4v) is 3.32. The highest BCUT2D eigenvalue weighted by Crippen LogP contribution is 2.28. The lowest BCUT2D eigenvalue weighted by Gasteiger charge is -2.21. The van der Waals surface area contributed by atoms with Gasteiger partial charge in [-0.25, -0.2) is 4.98 Å². The van der Waals surface area contributed by atoms with Crippen LogP contribution >= 0.6 is 0 Å². The van der Waals surface area contributed by atoms with Crippen LogP contribution in [0, 0.1) is 26.7 Å². The smallest absolute Gasteiger partial charge is 0.225 e. The highest BCUT2D eigenvalue weighted by Gasteiger charge is 2.16. The summed E-state index contributed by atoms with van der Waals surface area (Å²) in [5.41, 5.74) is 6.06. The Kier molecular flexibility index (Phi) is 6.44. The lowest BCUT2D eigenvalue weighted by atomic mass is 10.1. The third kappa shape index (κ3) is 5.09. The molecule has 2 heterocycles. The van der Waals surface area contributed by atoms with Crippen LogP contribution < -0.4 is 10.6 Å². The SMILES string of the molecule is Cc1cc(C)c(Nc2cc(-c3ccccn3)nc(N[C@H](CO)C(C)C)n2)c(C)c1. The van der Waals surface area contributed by atoms with E-state index in [2.05, 4.69) is 72.3 Å². The minimum absolute atomic E-state index is 0.00772. The number of hydrogen-bond donors (Lipinski definition) is 3. The summed E-state index contributed by atoms with van der Waals surface area (Å²) in [7, 11) is 0. The molecule has 0 radical (unpaired) electrons. The molecule has 2 aromatic heterocycles. The van der Waals surface area contributed by atoms with E-state index in [1.807, 2.05) is 24.3 Å². The highest BCUT2D eigenvalue weighted by molar-refractivity contribution is 5.69.